The number of halogens is 1. The molecule has 21 heavy (non-hydrogen) atoms. The number of nitrogens with zero attached hydrogens (tertiary/aromatic N) is 1. The Labute approximate surface area is 132 Å². The Morgan fingerprint density at radius 2 is 1.71 bits per heavy atom. The highest BCUT2D eigenvalue weighted by atomic mass is 79.9. The van der Waals surface area contributed by atoms with Crippen LogP contribution in [0.4, 0.5) is 5.69 Å². The van der Waals surface area contributed by atoms with Gasteiger partial charge in [-0.15, -0.1) is 0 Å². The highest BCUT2D eigenvalue weighted by Crippen LogP contribution is 2.31. The standard InChI is InChI=1S/C17H16BrNO2/c18-16-14(17(20)13-5-2-1-3-6-13)7-4-8-15(16)19-9-11-21-12-10-19/h1-8H,9-12H2. The Kier molecular flexibility index (Phi) is 4.36. The Hall–Kier alpha value is -1.65. The fourth-order valence-electron chi connectivity index (χ4n) is 2.49. The summed E-state index contributed by atoms with van der Waals surface area (Å²) in [7, 11) is 0. The lowest BCUT2D eigenvalue weighted by molar-refractivity contribution is 0.103. The van der Waals surface area contributed by atoms with Crippen molar-refractivity contribution in [3.63, 3.8) is 0 Å². The Bertz CT molecular complexity index is 636. The van der Waals surface area contributed by atoms with Gasteiger partial charge < -0.3 is 9.64 Å². The monoisotopic (exact) mass is 345 g/mol. The predicted molar refractivity (Wildman–Crippen MR) is 87.0 cm³/mol. The molecular weight excluding hydrogens is 330 g/mol. The fourth-order valence-corrected chi connectivity index (χ4v) is 3.18. The SMILES string of the molecule is O=C(c1ccccc1)c1cccc(N2CCOCC2)c1Br. The molecule has 0 saturated carbocycles. The molecule has 0 radical (unpaired) electrons. The van der Waals surface area contributed by atoms with Crippen LogP contribution in [0.25, 0.3) is 0 Å². The van der Waals surface area contributed by atoms with E-state index in [4.69, 9.17) is 4.74 Å². The number of carbonyl (C=O) groups is 1. The van der Waals surface area contributed by atoms with E-state index >= 15 is 0 Å². The van der Waals surface area contributed by atoms with Gasteiger partial charge >= 0.3 is 0 Å². The van der Waals surface area contributed by atoms with E-state index in [9.17, 15) is 4.79 Å². The van der Waals surface area contributed by atoms with Crippen molar-refractivity contribution in [2.24, 2.45) is 0 Å². The normalized spacial score (nSPS) is 15.0. The lowest BCUT2D eigenvalue weighted by Crippen LogP contribution is -2.36. The summed E-state index contributed by atoms with van der Waals surface area (Å²) in [5, 5.41) is 0. The van der Waals surface area contributed by atoms with Crippen molar-refractivity contribution >= 4 is 27.4 Å². The van der Waals surface area contributed by atoms with Gasteiger partial charge in [-0.25, -0.2) is 0 Å². The third kappa shape index (κ3) is 3.01. The Balaban J connectivity index is 1.95. The molecule has 0 aliphatic carbocycles. The molecule has 1 aliphatic rings. The molecule has 108 valence electrons. The molecule has 2 aromatic rings. The third-order valence-electron chi connectivity index (χ3n) is 3.61. The molecule has 1 aliphatic heterocycles. The summed E-state index contributed by atoms with van der Waals surface area (Å²) in [6.07, 6.45) is 0. The zero-order valence-corrected chi connectivity index (χ0v) is 13.2. The smallest absolute Gasteiger partial charge is 0.194 e. The van der Waals surface area contributed by atoms with Crippen LogP contribution in [0.2, 0.25) is 0 Å². The molecule has 0 unspecified atom stereocenters. The topological polar surface area (TPSA) is 29.5 Å². The molecule has 0 aromatic heterocycles. The Morgan fingerprint density at radius 1 is 1.00 bits per heavy atom. The van der Waals surface area contributed by atoms with E-state index in [1.807, 2.05) is 48.5 Å². The molecular formula is C17H16BrNO2. The minimum absolute atomic E-state index is 0.0394. The van der Waals surface area contributed by atoms with E-state index in [2.05, 4.69) is 20.8 Å². The third-order valence-corrected chi connectivity index (χ3v) is 4.44. The molecule has 1 fully saturated rings. The summed E-state index contributed by atoms with van der Waals surface area (Å²) in [5.41, 5.74) is 2.46. The molecule has 2 aromatic carbocycles. The summed E-state index contributed by atoms with van der Waals surface area (Å²) in [4.78, 5) is 14.9. The van der Waals surface area contributed by atoms with Gasteiger partial charge in [0.25, 0.3) is 0 Å². The van der Waals surface area contributed by atoms with Crippen LogP contribution < -0.4 is 4.90 Å². The lowest BCUT2D eigenvalue weighted by atomic mass is 10.0. The van der Waals surface area contributed by atoms with Crippen LogP contribution in [0.5, 0.6) is 0 Å². The molecule has 4 heteroatoms. The molecule has 0 N–H and O–H groups in total. The van der Waals surface area contributed by atoms with Crippen LogP contribution in [-0.2, 0) is 4.74 Å². The van der Waals surface area contributed by atoms with E-state index in [1.165, 1.54) is 0 Å². The molecule has 1 saturated heterocycles. The van der Waals surface area contributed by atoms with Crippen LogP contribution in [0, 0.1) is 0 Å². The first-order valence-electron chi connectivity index (χ1n) is 6.98. The Morgan fingerprint density at radius 3 is 2.43 bits per heavy atom. The number of hydrogen-bond acceptors (Lipinski definition) is 3. The average molecular weight is 346 g/mol. The van der Waals surface area contributed by atoms with Gasteiger partial charge in [-0.05, 0) is 28.1 Å². The maximum absolute atomic E-state index is 12.6. The quantitative estimate of drug-likeness (QED) is 0.797. The van der Waals surface area contributed by atoms with Crippen LogP contribution in [0.15, 0.2) is 53.0 Å². The van der Waals surface area contributed by atoms with Gasteiger partial charge in [0.1, 0.15) is 0 Å². The van der Waals surface area contributed by atoms with E-state index in [0.29, 0.717) is 11.1 Å². The summed E-state index contributed by atoms with van der Waals surface area (Å²) >= 11 is 3.61. The summed E-state index contributed by atoms with van der Waals surface area (Å²) in [5.74, 6) is 0.0394. The van der Waals surface area contributed by atoms with E-state index in [0.717, 1.165) is 36.5 Å². The van der Waals surface area contributed by atoms with Gasteiger partial charge in [0.15, 0.2) is 5.78 Å². The van der Waals surface area contributed by atoms with Crippen molar-refractivity contribution in [3.05, 3.63) is 64.1 Å². The van der Waals surface area contributed by atoms with Crippen molar-refractivity contribution < 1.29 is 9.53 Å². The maximum atomic E-state index is 12.6. The summed E-state index contributed by atoms with van der Waals surface area (Å²) in [6.45, 7) is 3.15. The number of ketones is 1. The number of benzene rings is 2. The van der Waals surface area contributed by atoms with Crippen molar-refractivity contribution in [1.82, 2.24) is 0 Å². The minimum atomic E-state index is 0.0394. The zero-order chi connectivity index (χ0) is 14.7. The molecule has 0 spiro atoms. The number of anilines is 1. The number of morpholine rings is 1. The van der Waals surface area contributed by atoms with Gasteiger partial charge in [-0.1, -0.05) is 36.4 Å². The van der Waals surface area contributed by atoms with Crippen LogP contribution in [0.3, 0.4) is 0 Å². The first-order valence-corrected chi connectivity index (χ1v) is 7.77. The zero-order valence-electron chi connectivity index (χ0n) is 11.6. The van der Waals surface area contributed by atoms with Crippen LogP contribution >= 0.6 is 15.9 Å². The van der Waals surface area contributed by atoms with Crippen molar-refractivity contribution in [1.29, 1.82) is 0 Å². The van der Waals surface area contributed by atoms with Gasteiger partial charge in [-0.3, -0.25) is 4.79 Å². The predicted octanol–water partition coefficient (Wildman–Crippen LogP) is 3.52. The van der Waals surface area contributed by atoms with Crippen molar-refractivity contribution in [3.8, 4) is 0 Å². The minimum Gasteiger partial charge on any atom is -0.378 e. The molecule has 0 amide bonds. The molecule has 0 bridgehead atoms. The molecule has 1 heterocycles. The lowest BCUT2D eigenvalue weighted by Gasteiger charge is -2.30. The second kappa shape index (κ2) is 6.41. The van der Waals surface area contributed by atoms with E-state index in [-0.39, 0.29) is 5.78 Å². The summed E-state index contributed by atoms with van der Waals surface area (Å²) in [6, 6.07) is 15.2. The number of rotatable bonds is 3. The van der Waals surface area contributed by atoms with Crippen LogP contribution in [-0.4, -0.2) is 32.1 Å². The van der Waals surface area contributed by atoms with E-state index < -0.39 is 0 Å². The highest BCUT2D eigenvalue weighted by molar-refractivity contribution is 9.10. The van der Waals surface area contributed by atoms with Crippen molar-refractivity contribution in [2.45, 2.75) is 0 Å². The highest BCUT2D eigenvalue weighted by Gasteiger charge is 2.19. The van der Waals surface area contributed by atoms with Gasteiger partial charge in [0.05, 0.1) is 23.4 Å². The second-order valence-electron chi connectivity index (χ2n) is 4.93. The average Bonchev–Trinajstić information content (AvgIpc) is 2.56. The largest absolute Gasteiger partial charge is 0.378 e. The fraction of sp³-hybridized carbons (Fsp3) is 0.235. The molecule has 0 atom stereocenters. The summed E-state index contributed by atoms with van der Waals surface area (Å²) < 4.78 is 6.25. The number of ether oxygens (including phenoxy) is 1. The van der Waals surface area contributed by atoms with E-state index in [1.54, 1.807) is 0 Å². The first-order chi connectivity index (χ1) is 10.3. The number of hydrogen-bond donors (Lipinski definition) is 0. The second-order valence-corrected chi connectivity index (χ2v) is 5.73. The van der Waals surface area contributed by atoms with Gasteiger partial charge in [0.2, 0.25) is 0 Å². The first kappa shape index (κ1) is 14.3. The van der Waals surface area contributed by atoms with Crippen molar-refractivity contribution in [2.75, 3.05) is 31.2 Å². The molecule has 3 nitrogen and oxygen atoms in total. The molecule has 3 rings (SSSR count). The van der Waals surface area contributed by atoms with Crippen LogP contribution in [0.1, 0.15) is 15.9 Å². The van der Waals surface area contributed by atoms with Gasteiger partial charge in [0, 0.05) is 24.2 Å². The van der Waals surface area contributed by atoms with Gasteiger partial charge in [-0.2, -0.15) is 0 Å². The number of carbonyl (C=O) groups excluding carboxylic acids is 1. The maximum Gasteiger partial charge on any atom is 0.194 e.